The first-order chi connectivity index (χ1) is 7.81. The number of aromatic nitrogens is 1. The molecule has 0 spiro atoms. The third kappa shape index (κ3) is 2.44. The van der Waals surface area contributed by atoms with Crippen molar-refractivity contribution in [3.63, 3.8) is 0 Å². The van der Waals surface area contributed by atoms with Crippen LogP contribution in [0.4, 0.5) is 5.82 Å². The number of ether oxygens (including phenoxy) is 1. The summed E-state index contributed by atoms with van der Waals surface area (Å²) in [6, 6.07) is 4.11. The van der Waals surface area contributed by atoms with Crippen molar-refractivity contribution in [2.45, 2.75) is 25.3 Å². The first-order valence-electron chi connectivity index (χ1n) is 5.79. The molecule has 1 fully saturated rings. The summed E-state index contributed by atoms with van der Waals surface area (Å²) in [4.78, 5) is 4.26. The number of rotatable bonds is 4. The van der Waals surface area contributed by atoms with Gasteiger partial charge in [0.2, 0.25) is 0 Å². The van der Waals surface area contributed by atoms with Crippen molar-refractivity contribution < 1.29 is 4.74 Å². The molecule has 1 aromatic rings. The summed E-state index contributed by atoms with van der Waals surface area (Å²) in [5, 5.41) is 3.32. The number of anilines is 1. The normalized spacial score (nSPS) is 24.4. The summed E-state index contributed by atoms with van der Waals surface area (Å²) < 4.78 is 5.23. The first kappa shape index (κ1) is 11.2. The van der Waals surface area contributed by atoms with Gasteiger partial charge in [-0.3, -0.25) is 0 Å². The van der Waals surface area contributed by atoms with Crippen LogP contribution in [0.1, 0.15) is 19.3 Å². The summed E-state index contributed by atoms with van der Waals surface area (Å²) >= 11 is 0. The summed E-state index contributed by atoms with van der Waals surface area (Å²) in [6.45, 7) is 0.883. The minimum atomic E-state index is 0.335. The Kier molecular flexibility index (Phi) is 3.62. The highest BCUT2D eigenvalue weighted by atomic mass is 16.5. The van der Waals surface area contributed by atoms with E-state index in [1.54, 1.807) is 13.3 Å². The van der Waals surface area contributed by atoms with Crippen molar-refractivity contribution >= 4 is 5.82 Å². The quantitative estimate of drug-likeness (QED) is 0.811. The Hall–Kier alpha value is -1.29. The standard InChI is InChI=1S/C12H19N3O/c1-16-11-6-3-7-14-12(11)15-8-9-4-2-5-10(9)13/h3,6-7,9-10H,2,4-5,8,13H2,1H3,(H,14,15). The summed E-state index contributed by atoms with van der Waals surface area (Å²) in [5.74, 6) is 2.16. The second-order valence-electron chi connectivity index (χ2n) is 4.29. The van der Waals surface area contributed by atoms with Gasteiger partial charge < -0.3 is 15.8 Å². The number of nitrogens with one attached hydrogen (secondary N) is 1. The maximum Gasteiger partial charge on any atom is 0.168 e. The van der Waals surface area contributed by atoms with Crippen LogP contribution in [0.3, 0.4) is 0 Å². The van der Waals surface area contributed by atoms with Crippen LogP contribution >= 0.6 is 0 Å². The van der Waals surface area contributed by atoms with E-state index in [0.717, 1.165) is 24.5 Å². The van der Waals surface area contributed by atoms with Gasteiger partial charge in [0.25, 0.3) is 0 Å². The molecule has 2 unspecified atom stereocenters. The third-order valence-electron chi connectivity index (χ3n) is 3.24. The molecule has 1 aliphatic carbocycles. The third-order valence-corrected chi connectivity index (χ3v) is 3.24. The molecule has 1 aromatic heterocycles. The largest absolute Gasteiger partial charge is 0.493 e. The van der Waals surface area contributed by atoms with Gasteiger partial charge in [-0.15, -0.1) is 0 Å². The maximum absolute atomic E-state index is 6.02. The fraction of sp³-hybridized carbons (Fsp3) is 0.583. The second-order valence-corrected chi connectivity index (χ2v) is 4.29. The van der Waals surface area contributed by atoms with Crippen LogP contribution in [-0.4, -0.2) is 24.7 Å². The number of hydrogen-bond acceptors (Lipinski definition) is 4. The minimum absolute atomic E-state index is 0.335. The molecule has 0 bridgehead atoms. The van der Waals surface area contributed by atoms with E-state index in [1.807, 2.05) is 12.1 Å². The van der Waals surface area contributed by atoms with Gasteiger partial charge in [0.05, 0.1) is 7.11 Å². The predicted octanol–water partition coefficient (Wildman–Crippen LogP) is 1.63. The van der Waals surface area contributed by atoms with Crippen LogP contribution in [0.15, 0.2) is 18.3 Å². The van der Waals surface area contributed by atoms with Gasteiger partial charge in [0.15, 0.2) is 11.6 Å². The van der Waals surface area contributed by atoms with Gasteiger partial charge in [-0.2, -0.15) is 0 Å². The minimum Gasteiger partial charge on any atom is -0.493 e. The van der Waals surface area contributed by atoms with Crippen LogP contribution in [0.5, 0.6) is 5.75 Å². The maximum atomic E-state index is 6.02. The molecule has 4 heteroatoms. The van der Waals surface area contributed by atoms with E-state index >= 15 is 0 Å². The van der Waals surface area contributed by atoms with Gasteiger partial charge in [-0.05, 0) is 30.9 Å². The SMILES string of the molecule is COc1cccnc1NCC1CCCC1N. The van der Waals surface area contributed by atoms with Gasteiger partial charge in [-0.1, -0.05) is 6.42 Å². The highest BCUT2D eigenvalue weighted by Gasteiger charge is 2.23. The summed E-state index contributed by atoms with van der Waals surface area (Å²) in [6.07, 6.45) is 5.36. The van der Waals surface area contributed by atoms with Crippen LogP contribution in [0.2, 0.25) is 0 Å². The molecule has 0 radical (unpaired) electrons. The van der Waals surface area contributed by atoms with Gasteiger partial charge in [0.1, 0.15) is 0 Å². The van der Waals surface area contributed by atoms with Crippen molar-refractivity contribution in [1.82, 2.24) is 4.98 Å². The molecule has 88 valence electrons. The molecule has 0 amide bonds. The Balaban J connectivity index is 1.93. The molecular formula is C12H19N3O. The van der Waals surface area contributed by atoms with Crippen LogP contribution in [0.25, 0.3) is 0 Å². The molecule has 2 rings (SSSR count). The van der Waals surface area contributed by atoms with E-state index in [1.165, 1.54) is 12.8 Å². The molecular weight excluding hydrogens is 202 g/mol. The van der Waals surface area contributed by atoms with Gasteiger partial charge >= 0.3 is 0 Å². The van der Waals surface area contributed by atoms with E-state index in [-0.39, 0.29) is 0 Å². The van der Waals surface area contributed by atoms with Crippen molar-refractivity contribution in [2.24, 2.45) is 11.7 Å². The number of hydrogen-bond donors (Lipinski definition) is 2. The van der Waals surface area contributed by atoms with Gasteiger partial charge in [0, 0.05) is 18.8 Å². The average molecular weight is 221 g/mol. The van der Waals surface area contributed by atoms with Crippen LogP contribution in [-0.2, 0) is 0 Å². The van der Waals surface area contributed by atoms with Crippen molar-refractivity contribution in [3.05, 3.63) is 18.3 Å². The molecule has 0 aliphatic heterocycles. The highest BCUT2D eigenvalue weighted by Crippen LogP contribution is 2.26. The Bertz CT molecular complexity index is 343. The molecule has 0 saturated heterocycles. The highest BCUT2D eigenvalue weighted by molar-refractivity contribution is 5.49. The predicted molar refractivity (Wildman–Crippen MR) is 64.6 cm³/mol. The lowest BCUT2D eigenvalue weighted by Crippen LogP contribution is -2.29. The van der Waals surface area contributed by atoms with E-state index < -0.39 is 0 Å². The number of nitrogens with two attached hydrogens (primary N) is 1. The molecule has 1 saturated carbocycles. The zero-order chi connectivity index (χ0) is 11.4. The number of nitrogens with zero attached hydrogens (tertiary/aromatic N) is 1. The van der Waals surface area contributed by atoms with E-state index in [2.05, 4.69) is 10.3 Å². The first-order valence-corrected chi connectivity index (χ1v) is 5.79. The topological polar surface area (TPSA) is 60.2 Å². The van der Waals surface area contributed by atoms with E-state index in [4.69, 9.17) is 10.5 Å². The zero-order valence-electron chi connectivity index (χ0n) is 9.65. The monoisotopic (exact) mass is 221 g/mol. The molecule has 2 atom stereocenters. The molecule has 0 aromatic carbocycles. The fourth-order valence-electron chi connectivity index (χ4n) is 2.23. The summed E-state index contributed by atoms with van der Waals surface area (Å²) in [7, 11) is 1.66. The summed E-state index contributed by atoms with van der Waals surface area (Å²) in [5.41, 5.74) is 6.02. The number of pyridine rings is 1. The number of methoxy groups -OCH3 is 1. The van der Waals surface area contributed by atoms with Crippen molar-refractivity contribution in [2.75, 3.05) is 19.0 Å². The lowest BCUT2D eigenvalue weighted by atomic mass is 10.1. The Morgan fingerprint density at radius 3 is 3.12 bits per heavy atom. The molecule has 16 heavy (non-hydrogen) atoms. The second kappa shape index (κ2) is 5.16. The van der Waals surface area contributed by atoms with Crippen LogP contribution < -0.4 is 15.8 Å². The van der Waals surface area contributed by atoms with E-state index in [0.29, 0.717) is 12.0 Å². The van der Waals surface area contributed by atoms with Crippen molar-refractivity contribution in [3.8, 4) is 5.75 Å². The Morgan fingerprint density at radius 1 is 1.56 bits per heavy atom. The van der Waals surface area contributed by atoms with Crippen LogP contribution in [0, 0.1) is 5.92 Å². The molecule has 4 nitrogen and oxygen atoms in total. The van der Waals surface area contributed by atoms with Crippen molar-refractivity contribution in [1.29, 1.82) is 0 Å². The molecule has 1 aliphatic rings. The van der Waals surface area contributed by atoms with Gasteiger partial charge in [-0.25, -0.2) is 4.98 Å². The van der Waals surface area contributed by atoms with E-state index in [9.17, 15) is 0 Å². The molecule has 1 heterocycles. The fourth-order valence-corrected chi connectivity index (χ4v) is 2.23. The Labute approximate surface area is 96.2 Å². The lowest BCUT2D eigenvalue weighted by molar-refractivity contribution is 0.414. The average Bonchev–Trinajstić information content (AvgIpc) is 2.72. The smallest absolute Gasteiger partial charge is 0.168 e. The lowest BCUT2D eigenvalue weighted by Gasteiger charge is -2.17. The zero-order valence-corrected chi connectivity index (χ0v) is 9.65. The molecule has 3 N–H and O–H groups in total. The Morgan fingerprint density at radius 2 is 2.44 bits per heavy atom.